The molecule has 1 aromatic heterocycles. The molecule has 0 bridgehead atoms. The average molecular weight is 318 g/mol. The van der Waals surface area contributed by atoms with Crippen LogP contribution < -0.4 is 5.32 Å². The summed E-state index contributed by atoms with van der Waals surface area (Å²) in [6.45, 7) is 0. The molecule has 0 spiro atoms. The summed E-state index contributed by atoms with van der Waals surface area (Å²) in [6.07, 6.45) is 3.70. The van der Waals surface area contributed by atoms with E-state index in [0.29, 0.717) is 17.7 Å². The summed E-state index contributed by atoms with van der Waals surface area (Å²) >= 11 is 1.53. The summed E-state index contributed by atoms with van der Waals surface area (Å²) in [6, 6.07) is 6.76. The maximum absolute atomic E-state index is 12.3. The van der Waals surface area contributed by atoms with Crippen molar-refractivity contribution < 1.29 is 14.7 Å². The summed E-state index contributed by atoms with van der Waals surface area (Å²) in [4.78, 5) is 23.7. The van der Waals surface area contributed by atoms with E-state index >= 15 is 0 Å². The number of benzene rings is 1. The molecular weight excluding hydrogens is 304 g/mol. The molecule has 1 aromatic carbocycles. The standard InChI is InChI=1S/C14H14N4O3S/c19-12(16-14(13(20)21)5-8-22-9-14)10-1-3-11(4-2-10)18-7-6-15-17-18/h1-4,6-7H,5,8-9H2,(H,16,19)(H,20,21). The first-order chi connectivity index (χ1) is 10.6. The Morgan fingerprint density at radius 1 is 1.32 bits per heavy atom. The van der Waals surface area contributed by atoms with E-state index in [1.165, 1.54) is 11.8 Å². The minimum absolute atomic E-state index is 0.380. The molecule has 7 nitrogen and oxygen atoms in total. The zero-order valence-corrected chi connectivity index (χ0v) is 12.4. The van der Waals surface area contributed by atoms with Crippen molar-refractivity contribution in [3.05, 3.63) is 42.2 Å². The highest BCUT2D eigenvalue weighted by Gasteiger charge is 2.43. The van der Waals surface area contributed by atoms with Gasteiger partial charge in [-0.15, -0.1) is 5.10 Å². The Labute approximate surface area is 130 Å². The number of hydrogen-bond acceptors (Lipinski definition) is 5. The molecule has 0 radical (unpaired) electrons. The van der Waals surface area contributed by atoms with Gasteiger partial charge in [0.25, 0.3) is 5.91 Å². The quantitative estimate of drug-likeness (QED) is 0.871. The molecule has 3 rings (SSSR count). The van der Waals surface area contributed by atoms with Gasteiger partial charge >= 0.3 is 5.97 Å². The number of thioether (sulfide) groups is 1. The number of rotatable bonds is 4. The molecule has 1 atom stereocenters. The lowest BCUT2D eigenvalue weighted by molar-refractivity contribution is -0.143. The molecule has 1 aliphatic rings. The van der Waals surface area contributed by atoms with E-state index < -0.39 is 11.5 Å². The minimum Gasteiger partial charge on any atom is -0.479 e. The van der Waals surface area contributed by atoms with Gasteiger partial charge < -0.3 is 10.4 Å². The molecule has 1 amide bonds. The summed E-state index contributed by atoms with van der Waals surface area (Å²) < 4.78 is 1.58. The molecule has 2 aromatic rings. The zero-order chi connectivity index (χ0) is 15.6. The van der Waals surface area contributed by atoms with E-state index in [2.05, 4.69) is 15.6 Å². The van der Waals surface area contributed by atoms with Gasteiger partial charge in [-0.1, -0.05) is 5.21 Å². The van der Waals surface area contributed by atoms with Crippen molar-refractivity contribution in [3.8, 4) is 5.69 Å². The fourth-order valence-corrected chi connectivity index (χ4v) is 3.61. The van der Waals surface area contributed by atoms with Crippen molar-refractivity contribution in [2.45, 2.75) is 12.0 Å². The molecule has 2 N–H and O–H groups in total. The van der Waals surface area contributed by atoms with E-state index in [0.717, 1.165) is 11.4 Å². The lowest BCUT2D eigenvalue weighted by Crippen LogP contribution is -2.54. The first kappa shape index (κ1) is 14.6. The smallest absolute Gasteiger partial charge is 0.330 e. The van der Waals surface area contributed by atoms with Crippen molar-refractivity contribution in [2.24, 2.45) is 0 Å². The zero-order valence-electron chi connectivity index (χ0n) is 11.6. The second kappa shape index (κ2) is 5.80. The normalized spacial score (nSPS) is 20.7. The van der Waals surface area contributed by atoms with Crippen LogP contribution in [0.5, 0.6) is 0 Å². The number of carboxylic acid groups (broad SMARTS) is 1. The number of carboxylic acids is 1. The van der Waals surface area contributed by atoms with Gasteiger partial charge in [-0.25, -0.2) is 9.48 Å². The molecule has 1 aliphatic heterocycles. The number of aliphatic carboxylic acids is 1. The Bertz CT molecular complexity index is 679. The Kier molecular flexibility index (Phi) is 3.84. The van der Waals surface area contributed by atoms with E-state index in [9.17, 15) is 14.7 Å². The highest BCUT2D eigenvalue weighted by atomic mass is 32.2. The summed E-state index contributed by atoms with van der Waals surface area (Å²) in [5, 5.41) is 19.6. The molecule has 1 unspecified atom stereocenters. The van der Waals surface area contributed by atoms with Crippen LogP contribution in [0.4, 0.5) is 0 Å². The SMILES string of the molecule is O=C(NC1(C(=O)O)CCSC1)c1ccc(-n2ccnn2)cc1. The van der Waals surface area contributed by atoms with Gasteiger partial charge in [-0.3, -0.25) is 4.79 Å². The van der Waals surface area contributed by atoms with E-state index in [1.807, 2.05) is 0 Å². The van der Waals surface area contributed by atoms with Gasteiger partial charge in [0.15, 0.2) is 0 Å². The van der Waals surface area contributed by atoms with Crippen LogP contribution in [0, 0.1) is 0 Å². The van der Waals surface area contributed by atoms with Crippen LogP contribution in [-0.2, 0) is 4.79 Å². The van der Waals surface area contributed by atoms with Crippen molar-refractivity contribution in [1.82, 2.24) is 20.3 Å². The summed E-state index contributed by atoms with van der Waals surface area (Å²) in [5.41, 5.74) is 0.0339. The van der Waals surface area contributed by atoms with Crippen LogP contribution in [0.3, 0.4) is 0 Å². The molecule has 0 aliphatic carbocycles. The number of carbonyl (C=O) groups excluding carboxylic acids is 1. The van der Waals surface area contributed by atoms with Crippen molar-refractivity contribution in [1.29, 1.82) is 0 Å². The second-order valence-corrected chi connectivity index (χ2v) is 6.14. The van der Waals surface area contributed by atoms with Gasteiger partial charge in [0.05, 0.1) is 18.1 Å². The van der Waals surface area contributed by atoms with Crippen LogP contribution in [0.25, 0.3) is 5.69 Å². The van der Waals surface area contributed by atoms with Crippen molar-refractivity contribution >= 4 is 23.6 Å². The Hall–Kier alpha value is -2.35. The van der Waals surface area contributed by atoms with Crippen LogP contribution in [0.1, 0.15) is 16.8 Å². The number of aromatic nitrogens is 3. The minimum atomic E-state index is -1.16. The largest absolute Gasteiger partial charge is 0.479 e. The summed E-state index contributed by atoms with van der Waals surface area (Å²) in [5.74, 6) is -0.233. The molecule has 22 heavy (non-hydrogen) atoms. The highest BCUT2D eigenvalue weighted by molar-refractivity contribution is 7.99. The molecule has 8 heteroatoms. The first-order valence-corrected chi connectivity index (χ1v) is 7.87. The monoisotopic (exact) mass is 318 g/mol. The van der Waals surface area contributed by atoms with Crippen LogP contribution in [-0.4, -0.2) is 49.0 Å². The number of nitrogens with one attached hydrogen (secondary N) is 1. The van der Waals surface area contributed by atoms with Crippen molar-refractivity contribution in [2.75, 3.05) is 11.5 Å². The molecule has 1 saturated heterocycles. The predicted octanol–water partition coefficient (Wildman–Crippen LogP) is 0.957. The molecule has 2 heterocycles. The number of amides is 1. The van der Waals surface area contributed by atoms with Crippen LogP contribution in [0.2, 0.25) is 0 Å². The van der Waals surface area contributed by atoms with Gasteiger partial charge in [0.2, 0.25) is 0 Å². The number of carbonyl (C=O) groups is 2. The molecule has 1 fully saturated rings. The topological polar surface area (TPSA) is 97.1 Å². The lowest BCUT2D eigenvalue weighted by atomic mass is 9.98. The highest BCUT2D eigenvalue weighted by Crippen LogP contribution is 2.28. The average Bonchev–Trinajstić information content (AvgIpc) is 3.19. The molecule has 114 valence electrons. The maximum atomic E-state index is 12.3. The van der Waals surface area contributed by atoms with Gasteiger partial charge in [-0.2, -0.15) is 11.8 Å². The first-order valence-electron chi connectivity index (χ1n) is 6.71. The van der Waals surface area contributed by atoms with Crippen LogP contribution in [0.15, 0.2) is 36.7 Å². The van der Waals surface area contributed by atoms with Crippen LogP contribution >= 0.6 is 11.8 Å². The number of hydrogen-bond donors (Lipinski definition) is 2. The van der Waals surface area contributed by atoms with E-state index in [4.69, 9.17) is 0 Å². The Morgan fingerprint density at radius 2 is 2.09 bits per heavy atom. The van der Waals surface area contributed by atoms with E-state index in [-0.39, 0.29) is 5.91 Å². The fourth-order valence-electron chi connectivity index (χ4n) is 2.29. The fraction of sp³-hybridized carbons (Fsp3) is 0.286. The lowest BCUT2D eigenvalue weighted by Gasteiger charge is -2.24. The van der Waals surface area contributed by atoms with Gasteiger partial charge in [0.1, 0.15) is 5.54 Å². The third kappa shape index (κ3) is 2.69. The van der Waals surface area contributed by atoms with Gasteiger partial charge in [-0.05, 0) is 36.4 Å². The third-order valence-electron chi connectivity index (χ3n) is 3.60. The third-order valence-corrected chi connectivity index (χ3v) is 4.79. The molecular formula is C14H14N4O3S. The van der Waals surface area contributed by atoms with Crippen molar-refractivity contribution in [3.63, 3.8) is 0 Å². The predicted molar refractivity (Wildman–Crippen MR) is 81.1 cm³/mol. The Morgan fingerprint density at radius 3 is 2.64 bits per heavy atom. The summed E-state index contributed by atoms with van der Waals surface area (Å²) in [7, 11) is 0. The maximum Gasteiger partial charge on any atom is 0.330 e. The number of nitrogens with zero attached hydrogens (tertiary/aromatic N) is 3. The van der Waals surface area contributed by atoms with E-state index in [1.54, 1.807) is 41.3 Å². The Balaban J connectivity index is 1.76. The molecule has 0 saturated carbocycles. The second-order valence-electron chi connectivity index (χ2n) is 5.04. The van der Waals surface area contributed by atoms with Gasteiger partial charge in [0, 0.05) is 11.3 Å².